The van der Waals surface area contributed by atoms with Gasteiger partial charge in [-0.1, -0.05) is 19.8 Å². The molecule has 0 aliphatic heterocycles. The third kappa shape index (κ3) is 2.15. The van der Waals surface area contributed by atoms with Gasteiger partial charge in [-0.2, -0.15) is 0 Å². The molecule has 0 bridgehead atoms. The van der Waals surface area contributed by atoms with E-state index in [4.69, 9.17) is 0 Å². The molecule has 2 rings (SSSR count). The molecule has 1 aromatic rings. The van der Waals surface area contributed by atoms with Gasteiger partial charge in [-0.15, -0.1) is 0 Å². The summed E-state index contributed by atoms with van der Waals surface area (Å²) in [7, 11) is 0. The van der Waals surface area contributed by atoms with Crippen molar-refractivity contribution in [2.45, 2.75) is 45.1 Å². The van der Waals surface area contributed by atoms with Gasteiger partial charge in [0.05, 0.1) is 0 Å². The molecule has 1 heterocycles. The second kappa shape index (κ2) is 3.99. The second-order valence-electron chi connectivity index (χ2n) is 4.40. The van der Waals surface area contributed by atoms with E-state index in [0.717, 1.165) is 12.0 Å². The summed E-state index contributed by atoms with van der Waals surface area (Å²) >= 11 is 0. The predicted octanol–water partition coefficient (Wildman–Crippen LogP) is 3.63. The Kier molecular flexibility index (Phi) is 2.72. The fraction of sp³-hybridized carbons (Fsp3) is 0.667. The zero-order valence-corrected chi connectivity index (χ0v) is 8.45. The van der Waals surface area contributed by atoms with Crippen LogP contribution in [0.4, 0.5) is 0 Å². The molecule has 0 radical (unpaired) electrons. The first-order valence-electron chi connectivity index (χ1n) is 5.48. The Hall–Kier alpha value is -0.720. The highest BCUT2D eigenvalue weighted by molar-refractivity contribution is 4.93. The van der Waals surface area contributed by atoms with Crippen LogP contribution in [0.25, 0.3) is 0 Å². The summed E-state index contributed by atoms with van der Waals surface area (Å²) in [6.07, 6.45) is 11.4. The lowest BCUT2D eigenvalue weighted by atomic mass is 10.0. The van der Waals surface area contributed by atoms with Gasteiger partial charge in [0, 0.05) is 18.4 Å². The summed E-state index contributed by atoms with van der Waals surface area (Å²) < 4.78 is 2.39. The summed E-state index contributed by atoms with van der Waals surface area (Å²) in [5, 5.41) is 0. The molecule has 13 heavy (non-hydrogen) atoms. The molecule has 1 fully saturated rings. The number of hydrogen-bond donors (Lipinski definition) is 0. The van der Waals surface area contributed by atoms with Gasteiger partial charge in [0.15, 0.2) is 0 Å². The number of rotatable bonds is 1. The molecule has 2 atom stereocenters. The van der Waals surface area contributed by atoms with Crippen molar-refractivity contribution in [1.29, 1.82) is 0 Å². The van der Waals surface area contributed by atoms with E-state index in [1.807, 2.05) is 0 Å². The summed E-state index contributed by atoms with van der Waals surface area (Å²) in [6.45, 7) is 2.39. The highest BCUT2D eigenvalue weighted by atomic mass is 15.0. The number of aromatic nitrogens is 1. The van der Waals surface area contributed by atoms with Crippen molar-refractivity contribution in [2.24, 2.45) is 5.92 Å². The second-order valence-corrected chi connectivity index (χ2v) is 4.40. The van der Waals surface area contributed by atoms with E-state index in [9.17, 15) is 0 Å². The van der Waals surface area contributed by atoms with E-state index in [0.29, 0.717) is 0 Å². The van der Waals surface area contributed by atoms with Crippen molar-refractivity contribution in [3.05, 3.63) is 24.5 Å². The number of nitrogens with zero attached hydrogens (tertiary/aromatic N) is 1. The van der Waals surface area contributed by atoms with Crippen LogP contribution < -0.4 is 0 Å². The van der Waals surface area contributed by atoms with Crippen molar-refractivity contribution in [1.82, 2.24) is 4.57 Å². The Bertz CT molecular complexity index is 238. The SMILES string of the molecule is CC1CCCC(n2cccc2)CC1. The first-order chi connectivity index (χ1) is 6.36. The van der Waals surface area contributed by atoms with Crippen molar-refractivity contribution in [2.75, 3.05) is 0 Å². The Morgan fingerprint density at radius 2 is 1.77 bits per heavy atom. The highest BCUT2D eigenvalue weighted by Gasteiger charge is 2.16. The van der Waals surface area contributed by atoms with Crippen LogP contribution in [0, 0.1) is 5.92 Å². The molecule has 1 heteroatoms. The van der Waals surface area contributed by atoms with E-state index < -0.39 is 0 Å². The molecular formula is C12H19N. The lowest BCUT2D eigenvalue weighted by Gasteiger charge is -2.16. The summed E-state index contributed by atoms with van der Waals surface area (Å²) in [5.74, 6) is 0.945. The van der Waals surface area contributed by atoms with Crippen LogP contribution in [0.5, 0.6) is 0 Å². The van der Waals surface area contributed by atoms with Gasteiger partial charge >= 0.3 is 0 Å². The molecule has 1 aliphatic rings. The van der Waals surface area contributed by atoms with Crippen molar-refractivity contribution < 1.29 is 0 Å². The molecule has 2 unspecified atom stereocenters. The zero-order valence-electron chi connectivity index (χ0n) is 8.45. The van der Waals surface area contributed by atoms with Crippen LogP contribution >= 0.6 is 0 Å². The average molecular weight is 177 g/mol. The smallest absolute Gasteiger partial charge is 0.0330 e. The minimum atomic E-state index is 0.778. The van der Waals surface area contributed by atoms with E-state index in [-0.39, 0.29) is 0 Å². The maximum atomic E-state index is 2.39. The average Bonchev–Trinajstić information content (AvgIpc) is 2.56. The molecule has 1 aliphatic carbocycles. The Balaban J connectivity index is 2.00. The maximum absolute atomic E-state index is 2.39. The fourth-order valence-electron chi connectivity index (χ4n) is 2.36. The van der Waals surface area contributed by atoms with Crippen molar-refractivity contribution in [3.63, 3.8) is 0 Å². The van der Waals surface area contributed by atoms with Gasteiger partial charge in [-0.25, -0.2) is 0 Å². The van der Waals surface area contributed by atoms with E-state index in [2.05, 4.69) is 36.0 Å². The molecule has 72 valence electrons. The first-order valence-corrected chi connectivity index (χ1v) is 5.48. The summed E-state index contributed by atoms with van der Waals surface area (Å²) in [5.41, 5.74) is 0. The van der Waals surface area contributed by atoms with Crippen molar-refractivity contribution >= 4 is 0 Å². The normalized spacial score (nSPS) is 29.9. The lowest BCUT2D eigenvalue weighted by molar-refractivity contribution is 0.434. The van der Waals surface area contributed by atoms with Crippen LogP contribution in [-0.4, -0.2) is 4.57 Å². The number of hydrogen-bond acceptors (Lipinski definition) is 0. The molecule has 1 nitrogen and oxygen atoms in total. The predicted molar refractivity (Wildman–Crippen MR) is 55.7 cm³/mol. The molecule has 1 saturated carbocycles. The Morgan fingerprint density at radius 3 is 2.54 bits per heavy atom. The van der Waals surface area contributed by atoms with E-state index >= 15 is 0 Å². The largest absolute Gasteiger partial charge is 0.351 e. The molecule has 0 saturated heterocycles. The van der Waals surface area contributed by atoms with E-state index in [1.165, 1.54) is 32.1 Å². The van der Waals surface area contributed by atoms with Gasteiger partial charge in [0.2, 0.25) is 0 Å². The molecular weight excluding hydrogens is 158 g/mol. The van der Waals surface area contributed by atoms with Crippen LogP contribution in [0.1, 0.15) is 45.1 Å². The summed E-state index contributed by atoms with van der Waals surface area (Å²) in [6, 6.07) is 5.04. The van der Waals surface area contributed by atoms with Gasteiger partial charge in [-0.05, 0) is 37.3 Å². The van der Waals surface area contributed by atoms with Crippen LogP contribution in [0.3, 0.4) is 0 Å². The first kappa shape index (κ1) is 8.86. The van der Waals surface area contributed by atoms with Gasteiger partial charge in [0.25, 0.3) is 0 Å². The molecule has 0 spiro atoms. The van der Waals surface area contributed by atoms with Gasteiger partial charge in [-0.3, -0.25) is 0 Å². The van der Waals surface area contributed by atoms with Gasteiger partial charge < -0.3 is 4.57 Å². The quantitative estimate of drug-likeness (QED) is 0.577. The van der Waals surface area contributed by atoms with Gasteiger partial charge in [0.1, 0.15) is 0 Å². The molecule has 0 N–H and O–H groups in total. The summed E-state index contributed by atoms with van der Waals surface area (Å²) in [4.78, 5) is 0. The standard InChI is InChI=1S/C12H19N/c1-11-5-4-6-12(8-7-11)13-9-2-3-10-13/h2-3,9-12H,4-8H2,1H3. The van der Waals surface area contributed by atoms with Crippen LogP contribution in [-0.2, 0) is 0 Å². The maximum Gasteiger partial charge on any atom is 0.0330 e. The lowest BCUT2D eigenvalue weighted by Crippen LogP contribution is -2.05. The highest BCUT2D eigenvalue weighted by Crippen LogP contribution is 2.29. The minimum absolute atomic E-state index is 0.778. The third-order valence-corrected chi connectivity index (χ3v) is 3.28. The minimum Gasteiger partial charge on any atom is -0.351 e. The van der Waals surface area contributed by atoms with Crippen LogP contribution in [0.2, 0.25) is 0 Å². The van der Waals surface area contributed by atoms with Crippen LogP contribution in [0.15, 0.2) is 24.5 Å². The fourth-order valence-corrected chi connectivity index (χ4v) is 2.36. The third-order valence-electron chi connectivity index (χ3n) is 3.28. The van der Waals surface area contributed by atoms with Crippen molar-refractivity contribution in [3.8, 4) is 0 Å². The van der Waals surface area contributed by atoms with E-state index in [1.54, 1.807) is 0 Å². The molecule has 0 amide bonds. The topological polar surface area (TPSA) is 4.93 Å². The monoisotopic (exact) mass is 177 g/mol. The molecule has 1 aromatic heterocycles. The Morgan fingerprint density at radius 1 is 1.00 bits per heavy atom. The Labute approximate surface area is 80.8 Å². The molecule has 0 aromatic carbocycles. The zero-order chi connectivity index (χ0) is 9.10.